The first-order valence-electron chi connectivity index (χ1n) is 23.4. The molecular weight excluding hydrogens is 1140 g/mol. The van der Waals surface area contributed by atoms with Crippen LogP contribution in [0.2, 0.25) is 0 Å². The molecule has 0 N–H and O–H groups in total. The first kappa shape index (κ1) is 63.2. The van der Waals surface area contributed by atoms with Crippen LogP contribution in [-0.4, -0.2) is 91.5 Å². The van der Waals surface area contributed by atoms with Crippen LogP contribution in [0.3, 0.4) is 0 Å². The molecule has 28 heteroatoms. The summed E-state index contributed by atoms with van der Waals surface area (Å²) in [5, 5.41) is 0. The highest BCUT2D eigenvalue weighted by Crippen LogP contribution is 2.44. The number of hydrogen-bond donors (Lipinski definition) is 0. The molecule has 436 valence electrons. The Bertz CT molecular complexity index is 3340. The molecule has 0 amide bonds. The van der Waals surface area contributed by atoms with Crippen molar-refractivity contribution in [1.82, 2.24) is 0 Å². The molecule has 0 atom stereocenters. The Labute approximate surface area is 450 Å². The minimum Gasteiger partial charge on any atom is -0.496 e. The smallest absolute Gasteiger partial charge is 0.496 e. The van der Waals surface area contributed by atoms with E-state index in [0.717, 1.165) is 51.7 Å². The van der Waals surface area contributed by atoms with E-state index in [1.54, 1.807) is 0 Å². The highest BCUT2D eigenvalue weighted by molar-refractivity contribution is 7.88. The molecule has 0 unspecified atom stereocenters. The van der Waals surface area contributed by atoms with Crippen LogP contribution >= 0.6 is 0 Å². The minimum atomic E-state index is -6.45. The number of ether oxygens (including phenoxy) is 7. The fourth-order valence-electron chi connectivity index (χ4n) is 8.19. The summed E-state index contributed by atoms with van der Waals surface area (Å²) < 4.78 is 255. The average molecular weight is 1190 g/mol. The maximum absolute atomic E-state index is 14.0. The fraction of sp³-hybridized carbons (Fsp3) is 0.412. The van der Waals surface area contributed by atoms with Gasteiger partial charge in [0.05, 0.1) is 49.8 Å². The summed E-state index contributed by atoms with van der Waals surface area (Å²) in [5.74, 6) is -3.32. The van der Waals surface area contributed by atoms with Crippen molar-refractivity contribution in [3.05, 3.63) is 116 Å². The Morgan fingerprint density at radius 1 is 0.304 bits per heavy atom. The Kier molecular flexibility index (Phi) is 20.1. The van der Waals surface area contributed by atoms with E-state index in [1.807, 2.05) is 0 Å². The fourth-order valence-corrected chi connectivity index (χ4v) is 9.65. The van der Waals surface area contributed by atoms with Crippen molar-refractivity contribution in [2.75, 3.05) is 49.8 Å². The third kappa shape index (κ3) is 14.8. The van der Waals surface area contributed by atoms with Gasteiger partial charge in [-0.3, -0.25) is 0 Å². The molecule has 16 nitrogen and oxygen atoms in total. The predicted octanol–water partition coefficient (Wildman–Crippen LogP) is 11.3. The molecule has 0 heterocycles. The molecule has 10 aliphatic rings. The summed E-state index contributed by atoms with van der Waals surface area (Å²) in [6.07, 6.45) is 3.12. The third-order valence-corrected chi connectivity index (χ3v) is 15.0. The van der Waals surface area contributed by atoms with Gasteiger partial charge in [-0.25, -0.2) is 0 Å². The molecule has 10 bridgehead atoms. The van der Waals surface area contributed by atoms with Crippen molar-refractivity contribution in [3.8, 4) is 57.5 Å². The molecule has 0 saturated carbocycles. The zero-order valence-electron chi connectivity index (χ0n) is 43.8. The Morgan fingerprint density at radius 3 is 0.570 bits per heavy atom. The number of rotatable bonds is 16. The zero-order chi connectivity index (χ0) is 59.1. The van der Waals surface area contributed by atoms with Crippen molar-refractivity contribution < 1.29 is 110 Å². The first-order chi connectivity index (χ1) is 36.8. The van der Waals surface area contributed by atoms with E-state index < -0.39 is 89.8 Å². The third-order valence-electron chi connectivity index (χ3n) is 12.1. The molecule has 0 fully saturated rings. The monoisotopic (exact) mass is 1190 g/mol. The topological polar surface area (TPSA) is 195 Å². The van der Waals surface area contributed by atoms with Crippen LogP contribution in [0.4, 0.5) is 39.5 Å². The predicted molar refractivity (Wildman–Crippen MR) is 269 cm³/mol. The van der Waals surface area contributed by atoms with Crippen LogP contribution in [0.25, 0.3) is 0 Å². The van der Waals surface area contributed by atoms with Crippen LogP contribution in [0, 0.1) is 0 Å². The molecule has 0 spiro atoms. The van der Waals surface area contributed by atoms with Crippen molar-refractivity contribution >= 4 is 30.4 Å². The summed E-state index contributed by atoms with van der Waals surface area (Å²) in [7, 11) is -11.1. The lowest BCUT2D eigenvalue weighted by molar-refractivity contribution is -0.0505. The molecule has 0 aliphatic heterocycles. The van der Waals surface area contributed by atoms with Gasteiger partial charge >= 0.3 is 46.9 Å². The Morgan fingerprint density at radius 2 is 0.443 bits per heavy atom. The molecule has 15 rings (SSSR count). The number of methoxy groups -OCH3 is 7. The molecule has 0 saturated heterocycles. The molecule has 5 aromatic carbocycles. The van der Waals surface area contributed by atoms with Gasteiger partial charge in [-0.05, 0) is 60.7 Å². The molecule has 0 aromatic heterocycles. The molecule has 10 aliphatic carbocycles. The zero-order valence-corrected chi connectivity index (χ0v) is 46.2. The molecule has 0 radical (unpaired) electrons. The largest absolute Gasteiger partial charge is 0.534 e. The molecule has 79 heavy (non-hydrogen) atoms. The van der Waals surface area contributed by atoms with Gasteiger partial charge in [0.15, 0.2) is 0 Å². The van der Waals surface area contributed by atoms with E-state index in [-0.39, 0.29) is 102 Å². The second-order valence-corrected chi connectivity index (χ2v) is 21.9. The van der Waals surface area contributed by atoms with E-state index >= 15 is 0 Å². The van der Waals surface area contributed by atoms with E-state index in [2.05, 4.69) is 18.0 Å². The van der Waals surface area contributed by atoms with Crippen molar-refractivity contribution in [3.63, 3.8) is 0 Å². The second-order valence-electron chi connectivity index (χ2n) is 17.3. The second kappa shape index (κ2) is 25.2. The lowest BCUT2D eigenvalue weighted by atomic mass is 9.94. The van der Waals surface area contributed by atoms with E-state index in [0.29, 0.717) is 0 Å². The number of benzene rings is 5. The van der Waals surface area contributed by atoms with E-state index in [1.165, 1.54) is 84.5 Å². The highest BCUT2D eigenvalue weighted by atomic mass is 32.2. The Hall–Kier alpha value is -6.68. The summed E-state index contributed by atoms with van der Waals surface area (Å²) in [6.45, 7) is 4.46. The summed E-state index contributed by atoms with van der Waals surface area (Å²) in [6, 6.07) is 11.2. The van der Waals surface area contributed by atoms with Gasteiger partial charge < -0.3 is 45.7 Å². The minimum absolute atomic E-state index is 0.00447. The number of alkyl halides is 9. The maximum atomic E-state index is 14.0. The van der Waals surface area contributed by atoms with Gasteiger partial charge in [0.2, 0.25) is 0 Å². The Balaban J connectivity index is 0.00000181. The van der Waals surface area contributed by atoms with Crippen LogP contribution in [0.15, 0.2) is 60.7 Å². The summed E-state index contributed by atoms with van der Waals surface area (Å²) in [5.41, 5.74) is -18.6. The van der Waals surface area contributed by atoms with Gasteiger partial charge in [-0.2, -0.15) is 64.8 Å². The van der Waals surface area contributed by atoms with Gasteiger partial charge in [-0.15, -0.1) is 0 Å². The van der Waals surface area contributed by atoms with Crippen LogP contribution in [-0.2, 0) is 62.5 Å². The van der Waals surface area contributed by atoms with Gasteiger partial charge in [0, 0.05) is 87.7 Å². The number of halogens is 9. The number of unbranched alkanes of at least 4 members (excludes halogenated alkanes) is 3. The first-order valence-corrected chi connectivity index (χ1v) is 27.7. The maximum Gasteiger partial charge on any atom is 0.534 e. The van der Waals surface area contributed by atoms with Crippen LogP contribution in [0.1, 0.15) is 95.2 Å². The number of hydrogen-bond acceptors (Lipinski definition) is 16. The quantitative estimate of drug-likeness (QED) is 0.0384. The standard InChI is InChI=1S/C45H41F9O16S3.C6H14/c1-61-33-14-24-10-31-18-38(66-6)28(21-41(31)69-72(57,58)44(49,50)51)9-29-22-42(70-73(59,60)45(52,53)54)32(19-39(29)67-7)12-26-16-35(63-3)25(15-36(26)64-4)11-30-17-37(65-5)27(8-23(33)13-34(24)62-2)20-40(30)68-71(55,56)43(46,47)48;1-3-5-6-4-2/h13-22H,8-12H2,1-7H3;3-6H2,1-2H3. The van der Waals surface area contributed by atoms with Gasteiger partial charge in [-0.1, -0.05) is 39.5 Å². The van der Waals surface area contributed by atoms with Crippen molar-refractivity contribution in [2.45, 2.75) is 88.2 Å². The van der Waals surface area contributed by atoms with Gasteiger partial charge in [0.1, 0.15) is 57.5 Å². The summed E-state index contributed by atoms with van der Waals surface area (Å²) >= 11 is 0. The average Bonchev–Trinajstić information content (AvgIpc) is 3.42. The lowest BCUT2D eigenvalue weighted by Gasteiger charge is -2.21. The normalized spacial score (nSPS) is 13.2. The highest BCUT2D eigenvalue weighted by Gasteiger charge is 2.51. The van der Waals surface area contributed by atoms with Gasteiger partial charge in [0.25, 0.3) is 0 Å². The van der Waals surface area contributed by atoms with Crippen molar-refractivity contribution in [1.29, 1.82) is 0 Å². The van der Waals surface area contributed by atoms with Crippen LogP contribution in [0.5, 0.6) is 57.5 Å². The molecular formula is C51H55F9O16S3. The van der Waals surface area contributed by atoms with E-state index in [9.17, 15) is 64.8 Å². The SMILES string of the molecule is CCCCCC.COc1cc2c(OC)cc1Cc1cc(OS(=O)(=O)C(F)(F)F)c(cc1OC)Cc1cc(OC)c(cc1OC)Cc1cc(OC)c(cc1OS(=O)(=O)C(F)(F)F)Cc1cc(OS(=O)(=O)C(F)(F)F)c(cc1OC)C2. The van der Waals surface area contributed by atoms with Crippen LogP contribution < -0.4 is 45.7 Å². The summed E-state index contributed by atoms with van der Waals surface area (Å²) in [4.78, 5) is 0. The van der Waals surface area contributed by atoms with Crippen molar-refractivity contribution in [2.24, 2.45) is 0 Å². The molecule has 5 aromatic rings. The van der Waals surface area contributed by atoms with E-state index in [4.69, 9.17) is 41.5 Å². The lowest BCUT2D eigenvalue weighted by Crippen LogP contribution is -2.28.